The van der Waals surface area contributed by atoms with Crippen molar-refractivity contribution >= 4 is 18.0 Å². The Morgan fingerprint density at radius 1 is 1.14 bits per heavy atom. The summed E-state index contributed by atoms with van der Waals surface area (Å²) in [7, 11) is 0. The highest BCUT2D eigenvalue weighted by Gasteiger charge is 2.39. The van der Waals surface area contributed by atoms with Crippen molar-refractivity contribution in [3.8, 4) is 0 Å². The summed E-state index contributed by atoms with van der Waals surface area (Å²) in [4.78, 5) is 38.0. The summed E-state index contributed by atoms with van der Waals surface area (Å²) in [6.45, 7) is 7.51. The van der Waals surface area contributed by atoms with Crippen LogP contribution < -0.4 is 5.32 Å². The molecule has 28 heavy (non-hydrogen) atoms. The molecular weight excluding hydrogens is 367 g/mol. The lowest BCUT2D eigenvalue weighted by atomic mass is 9.74. The maximum Gasteiger partial charge on any atom is 0.408 e. The van der Waals surface area contributed by atoms with Crippen LogP contribution in [0.4, 0.5) is 9.18 Å². The Morgan fingerprint density at radius 2 is 1.75 bits per heavy atom. The number of rotatable bonds is 5. The number of nitrogens with zero attached hydrogens (tertiary/aromatic N) is 1. The van der Waals surface area contributed by atoms with E-state index in [9.17, 15) is 23.9 Å². The molecule has 1 aliphatic carbocycles. The van der Waals surface area contributed by atoms with E-state index in [0.717, 1.165) is 0 Å². The van der Waals surface area contributed by atoms with Gasteiger partial charge in [0, 0.05) is 6.54 Å². The maximum absolute atomic E-state index is 13.6. The highest BCUT2D eigenvalue weighted by molar-refractivity contribution is 5.86. The summed E-state index contributed by atoms with van der Waals surface area (Å²) < 4.78 is 18.9. The maximum atomic E-state index is 13.6. The summed E-state index contributed by atoms with van der Waals surface area (Å²) in [5.41, 5.74) is -0.696. The quantitative estimate of drug-likeness (QED) is 0.740. The second-order valence-electron chi connectivity index (χ2n) is 9.10. The van der Waals surface area contributed by atoms with Gasteiger partial charge in [0.15, 0.2) is 0 Å². The largest absolute Gasteiger partial charge is 0.481 e. The van der Waals surface area contributed by atoms with Crippen LogP contribution in [0.25, 0.3) is 0 Å². The number of hydrogen-bond acceptors (Lipinski definition) is 4. The number of carboxylic acid groups (broad SMARTS) is 1. The zero-order chi connectivity index (χ0) is 21.1. The third kappa shape index (κ3) is 6.07. The van der Waals surface area contributed by atoms with Crippen molar-refractivity contribution in [2.45, 2.75) is 77.6 Å². The van der Waals surface area contributed by atoms with Crippen LogP contribution in [0.1, 0.15) is 59.8 Å². The molecule has 0 bridgehead atoms. The number of alkyl carbamates (subject to hydrolysis) is 1. The van der Waals surface area contributed by atoms with Crippen molar-refractivity contribution in [2.24, 2.45) is 17.8 Å². The molecule has 8 heteroatoms. The molecule has 2 amide bonds. The number of carboxylic acids is 1. The molecule has 0 aromatic rings. The number of halogens is 1. The van der Waals surface area contributed by atoms with Gasteiger partial charge in [0.1, 0.15) is 17.8 Å². The zero-order valence-electron chi connectivity index (χ0n) is 17.2. The lowest BCUT2D eigenvalue weighted by Gasteiger charge is -2.36. The number of amides is 2. The van der Waals surface area contributed by atoms with E-state index in [1.807, 2.05) is 6.92 Å². The minimum Gasteiger partial charge on any atom is -0.481 e. The number of likely N-dealkylation sites (tertiary alicyclic amines) is 1. The second kappa shape index (κ2) is 9.09. The molecule has 7 nitrogen and oxygen atoms in total. The van der Waals surface area contributed by atoms with Gasteiger partial charge in [-0.25, -0.2) is 9.18 Å². The van der Waals surface area contributed by atoms with Crippen molar-refractivity contribution in [3.63, 3.8) is 0 Å². The van der Waals surface area contributed by atoms with Gasteiger partial charge in [0.25, 0.3) is 0 Å². The van der Waals surface area contributed by atoms with Crippen LogP contribution in [-0.4, -0.2) is 58.9 Å². The fraction of sp³-hybridized carbons (Fsp3) is 0.850. The molecule has 1 heterocycles. The summed E-state index contributed by atoms with van der Waals surface area (Å²) in [6.07, 6.45) is 1.10. The smallest absolute Gasteiger partial charge is 0.408 e. The van der Waals surface area contributed by atoms with Crippen LogP contribution in [0.2, 0.25) is 0 Å². The van der Waals surface area contributed by atoms with E-state index in [1.165, 1.54) is 4.90 Å². The fourth-order valence-electron chi connectivity index (χ4n) is 4.13. The summed E-state index contributed by atoms with van der Waals surface area (Å²) >= 11 is 0. The standard InChI is InChI=1S/C20H33FN2O5/c1-12(13-5-7-14(8-6-13)18(25)26)16(22-19(27)28-20(2,3)4)17(24)23-10-9-15(21)11-23/h12-16H,5-11H2,1-4H3,(H,22,27)(H,25,26)/t12-,13?,14?,15-,16?/m0/s1. The van der Waals surface area contributed by atoms with Gasteiger partial charge in [0.05, 0.1) is 12.5 Å². The topological polar surface area (TPSA) is 95.9 Å². The molecule has 1 aliphatic heterocycles. The molecule has 0 spiro atoms. The molecule has 3 atom stereocenters. The third-order valence-electron chi connectivity index (χ3n) is 5.77. The number of carbonyl (C=O) groups is 3. The fourth-order valence-corrected chi connectivity index (χ4v) is 4.13. The summed E-state index contributed by atoms with van der Waals surface area (Å²) in [6, 6.07) is -0.813. The molecule has 1 saturated carbocycles. The number of aliphatic carboxylic acids is 1. The first-order chi connectivity index (χ1) is 13.0. The van der Waals surface area contributed by atoms with Crippen LogP contribution in [0.15, 0.2) is 0 Å². The molecule has 2 rings (SSSR count). The number of hydrogen-bond donors (Lipinski definition) is 2. The average molecular weight is 400 g/mol. The lowest BCUT2D eigenvalue weighted by Crippen LogP contribution is -2.54. The van der Waals surface area contributed by atoms with Gasteiger partial charge in [-0.3, -0.25) is 9.59 Å². The Bertz CT molecular complexity index is 584. The van der Waals surface area contributed by atoms with E-state index in [0.29, 0.717) is 38.6 Å². The van der Waals surface area contributed by atoms with E-state index >= 15 is 0 Å². The van der Waals surface area contributed by atoms with Gasteiger partial charge in [-0.15, -0.1) is 0 Å². The minimum absolute atomic E-state index is 0.0454. The van der Waals surface area contributed by atoms with Crippen LogP contribution in [-0.2, 0) is 14.3 Å². The number of nitrogens with one attached hydrogen (secondary N) is 1. The second-order valence-corrected chi connectivity index (χ2v) is 9.10. The van der Waals surface area contributed by atoms with Gasteiger partial charge >= 0.3 is 12.1 Å². The Balaban J connectivity index is 2.09. The van der Waals surface area contributed by atoms with Crippen molar-refractivity contribution in [3.05, 3.63) is 0 Å². The first-order valence-corrected chi connectivity index (χ1v) is 10.1. The Labute approximate surface area is 166 Å². The summed E-state index contributed by atoms with van der Waals surface area (Å²) in [5.74, 6) is -1.51. The van der Waals surface area contributed by atoms with Crippen molar-refractivity contribution < 1.29 is 28.6 Å². The molecule has 0 radical (unpaired) electrons. The average Bonchev–Trinajstić information content (AvgIpc) is 3.03. The Hall–Kier alpha value is -1.86. The monoisotopic (exact) mass is 400 g/mol. The molecule has 0 aromatic carbocycles. The highest BCUT2D eigenvalue weighted by atomic mass is 19.1. The van der Waals surface area contributed by atoms with E-state index < -0.39 is 29.9 Å². The van der Waals surface area contributed by atoms with E-state index in [2.05, 4.69) is 5.32 Å². The number of alkyl halides is 1. The van der Waals surface area contributed by atoms with Gasteiger partial charge in [-0.05, 0) is 64.7 Å². The predicted octanol–water partition coefficient (Wildman–Crippen LogP) is 2.98. The molecule has 2 aliphatic rings. The normalized spacial score (nSPS) is 27.8. The predicted molar refractivity (Wildman–Crippen MR) is 101 cm³/mol. The van der Waals surface area contributed by atoms with E-state index in [-0.39, 0.29) is 30.2 Å². The molecular formula is C20H33FN2O5. The SMILES string of the molecule is C[C@@H](C1CCC(C(=O)O)CC1)C(NC(=O)OC(C)(C)C)C(=O)N1CC[C@H](F)C1. The Morgan fingerprint density at radius 3 is 2.21 bits per heavy atom. The molecule has 1 unspecified atom stereocenters. The van der Waals surface area contributed by atoms with Crippen molar-refractivity contribution in [1.82, 2.24) is 10.2 Å². The number of ether oxygens (including phenoxy) is 1. The molecule has 2 N–H and O–H groups in total. The Kier molecular flexibility index (Phi) is 7.28. The third-order valence-corrected chi connectivity index (χ3v) is 5.77. The number of carbonyl (C=O) groups excluding carboxylic acids is 2. The molecule has 2 fully saturated rings. The van der Waals surface area contributed by atoms with Crippen LogP contribution in [0, 0.1) is 17.8 Å². The highest BCUT2D eigenvalue weighted by Crippen LogP contribution is 2.35. The molecule has 1 saturated heterocycles. The molecule has 0 aromatic heterocycles. The van der Waals surface area contributed by atoms with Gasteiger partial charge in [0.2, 0.25) is 5.91 Å². The lowest BCUT2D eigenvalue weighted by molar-refractivity contribution is -0.143. The minimum atomic E-state index is -1.03. The van der Waals surface area contributed by atoms with E-state index in [4.69, 9.17) is 4.74 Å². The molecule has 160 valence electrons. The first-order valence-electron chi connectivity index (χ1n) is 10.1. The van der Waals surface area contributed by atoms with Crippen molar-refractivity contribution in [1.29, 1.82) is 0 Å². The van der Waals surface area contributed by atoms with E-state index in [1.54, 1.807) is 20.8 Å². The first kappa shape index (κ1) is 22.4. The van der Waals surface area contributed by atoms with Gasteiger partial charge < -0.3 is 20.1 Å². The zero-order valence-corrected chi connectivity index (χ0v) is 17.2. The van der Waals surface area contributed by atoms with Crippen LogP contribution in [0.5, 0.6) is 0 Å². The van der Waals surface area contributed by atoms with Crippen molar-refractivity contribution in [2.75, 3.05) is 13.1 Å². The summed E-state index contributed by atoms with van der Waals surface area (Å²) in [5, 5.41) is 11.9. The van der Waals surface area contributed by atoms with Crippen LogP contribution in [0.3, 0.4) is 0 Å². The van der Waals surface area contributed by atoms with Gasteiger partial charge in [-0.1, -0.05) is 6.92 Å². The van der Waals surface area contributed by atoms with Crippen LogP contribution >= 0.6 is 0 Å². The van der Waals surface area contributed by atoms with Gasteiger partial charge in [-0.2, -0.15) is 0 Å².